The van der Waals surface area contributed by atoms with Crippen LogP contribution in [0.1, 0.15) is 42.9 Å². The van der Waals surface area contributed by atoms with Crippen LogP contribution in [0.25, 0.3) is 0 Å². The molecule has 2 fully saturated rings. The van der Waals surface area contributed by atoms with Crippen molar-refractivity contribution >= 4 is 24.8 Å². The minimum Gasteiger partial charge on any atom is -0.506 e. The van der Waals surface area contributed by atoms with Crippen molar-refractivity contribution in [3.05, 3.63) is 29.1 Å². The second kappa shape index (κ2) is 9.43. The fraction of sp³-hybridized carbons (Fsp3) is 0.588. The molecular formula is C17H24Cl2FN3O. The highest BCUT2D eigenvalue weighted by atomic mass is 35.5. The van der Waals surface area contributed by atoms with E-state index in [-0.39, 0.29) is 42.2 Å². The summed E-state index contributed by atoms with van der Waals surface area (Å²) in [5, 5.41) is 22.9. The highest BCUT2D eigenvalue weighted by Gasteiger charge is 2.34. The van der Waals surface area contributed by atoms with Crippen LogP contribution in [0.2, 0.25) is 0 Å². The zero-order valence-corrected chi connectivity index (χ0v) is 15.1. The molecule has 3 rings (SSSR count). The molecule has 0 unspecified atom stereocenters. The van der Waals surface area contributed by atoms with Crippen molar-refractivity contribution in [1.82, 2.24) is 10.2 Å². The molecule has 2 aliphatic rings. The number of nitrogens with zero attached hydrogens (tertiary/aromatic N) is 2. The molecule has 1 saturated heterocycles. The second-order valence-electron chi connectivity index (χ2n) is 6.25. The lowest BCUT2D eigenvalue weighted by atomic mass is 9.88. The van der Waals surface area contributed by atoms with Gasteiger partial charge in [0.15, 0.2) is 0 Å². The van der Waals surface area contributed by atoms with E-state index in [4.69, 9.17) is 5.26 Å². The Kier molecular flexibility index (Phi) is 8.24. The van der Waals surface area contributed by atoms with Gasteiger partial charge in [-0.25, -0.2) is 4.39 Å². The average molecular weight is 376 g/mol. The molecular weight excluding hydrogens is 352 g/mol. The van der Waals surface area contributed by atoms with E-state index in [2.05, 4.69) is 10.2 Å². The number of phenols is 1. The van der Waals surface area contributed by atoms with Crippen LogP contribution in [-0.2, 0) is 0 Å². The number of benzene rings is 1. The standard InChI is InChI=1S/C17H22FN3O.2ClH/c18-15-6-5-13(17(22)14(15)11-19)16(12-3-1-2-4-12)21-9-7-20-8-10-21;;/h5-6,12,16,20,22H,1-4,7-10H2;2*1H/t16-;;/m1../s1. The van der Waals surface area contributed by atoms with Gasteiger partial charge >= 0.3 is 0 Å². The molecule has 4 nitrogen and oxygen atoms in total. The Morgan fingerprint density at radius 2 is 1.83 bits per heavy atom. The third-order valence-corrected chi connectivity index (χ3v) is 4.98. The largest absolute Gasteiger partial charge is 0.506 e. The second-order valence-corrected chi connectivity index (χ2v) is 6.25. The van der Waals surface area contributed by atoms with Crippen molar-refractivity contribution in [1.29, 1.82) is 5.26 Å². The molecule has 1 aromatic carbocycles. The van der Waals surface area contributed by atoms with E-state index in [1.807, 2.05) is 0 Å². The molecule has 1 saturated carbocycles. The number of nitriles is 1. The van der Waals surface area contributed by atoms with Crippen molar-refractivity contribution in [3.8, 4) is 11.8 Å². The van der Waals surface area contributed by atoms with Gasteiger partial charge in [-0.15, -0.1) is 24.8 Å². The summed E-state index contributed by atoms with van der Waals surface area (Å²) in [6, 6.07) is 4.86. The van der Waals surface area contributed by atoms with E-state index in [1.54, 1.807) is 12.1 Å². The quantitative estimate of drug-likeness (QED) is 0.849. The van der Waals surface area contributed by atoms with Gasteiger partial charge in [-0.2, -0.15) is 5.26 Å². The van der Waals surface area contributed by atoms with E-state index in [0.717, 1.165) is 39.0 Å². The fourth-order valence-electron chi connectivity index (χ4n) is 3.91. The van der Waals surface area contributed by atoms with Gasteiger partial charge in [-0.1, -0.05) is 18.9 Å². The van der Waals surface area contributed by atoms with Crippen molar-refractivity contribution in [2.75, 3.05) is 26.2 Å². The first-order chi connectivity index (χ1) is 10.7. The first-order valence-electron chi connectivity index (χ1n) is 8.08. The van der Waals surface area contributed by atoms with Crippen molar-refractivity contribution < 1.29 is 9.50 Å². The number of piperazine rings is 1. The zero-order chi connectivity index (χ0) is 15.5. The number of rotatable bonds is 3. The van der Waals surface area contributed by atoms with Crippen LogP contribution in [0.15, 0.2) is 12.1 Å². The topological polar surface area (TPSA) is 59.3 Å². The number of hydrogen-bond acceptors (Lipinski definition) is 4. The van der Waals surface area contributed by atoms with Gasteiger partial charge in [-0.05, 0) is 24.8 Å². The lowest BCUT2D eigenvalue weighted by Gasteiger charge is -2.39. The van der Waals surface area contributed by atoms with Crippen LogP contribution in [0.4, 0.5) is 4.39 Å². The molecule has 2 N–H and O–H groups in total. The van der Waals surface area contributed by atoms with E-state index >= 15 is 0 Å². The number of hydrogen-bond donors (Lipinski definition) is 2. The van der Waals surface area contributed by atoms with Crippen LogP contribution in [-0.4, -0.2) is 36.2 Å². The molecule has 7 heteroatoms. The Bertz CT molecular complexity index is 582. The number of aromatic hydroxyl groups is 1. The molecule has 1 aliphatic heterocycles. The molecule has 0 bridgehead atoms. The van der Waals surface area contributed by atoms with E-state index in [0.29, 0.717) is 11.5 Å². The van der Waals surface area contributed by atoms with Crippen molar-refractivity contribution in [3.63, 3.8) is 0 Å². The van der Waals surface area contributed by atoms with Crippen LogP contribution in [0, 0.1) is 23.1 Å². The summed E-state index contributed by atoms with van der Waals surface area (Å²) in [4.78, 5) is 2.38. The van der Waals surface area contributed by atoms with Gasteiger partial charge in [0.05, 0.1) is 0 Å². The summed E-state index contributed by atoms with van der Waals surface area (Å²) in [6.07, 6.45) is 4.68. The molecule has 0 spiro atoms. The van der Waals surface area contributed by atoms with E-state index < -0.39 is 5.82 Å². The minimum absolute atomic E-state index is 0. The predicted molar refractivity (Wildman–Crippen MR) is 96.4 cm³/mol. The first-order valence-corrected chi connectivity index (χ1v) is 8.08. The summed E-state index contributed by atoms with van der Waals surface area (Å²) >= 11 is 0. The van der Waals surface area contributed by atoms with E-state index in [1.165, 1.54) is 18.9 Å². The SMILES string of the molecule is Cl.Cl.N#Cc1c(F)ccc([C@@H](C2CCCC2)N2CCNCC2)c1O. The Morgan fingerprint density at radius 3 is 2.42 bits per heavy atom. The monoisotopic (exact) mass is 375 g/mol. The molecule has 1 aliphatic carbocycles. The van der Waals surface area contributed by atoms with Crippen LogP contribution in [0.3, 0.4) is 0 Å². The van der Waals surface area contributed by atoms with Gasteiger partial charge in [0.2, 0.25) is 0 Å². The summed E-state index contributed by atoms with van der Waals surface area (Å²) in [5.41, 5.74) is 0.488. The Hall–Kier alpha value is -1.06. The number of phenolic OH excluding ortho intramolecular Hbond substituents is 1. The molecule has 0 amide bonds. The minimum atomic E-state index is -0.644. The summed E-state index contributed by atoms with van der Waals surface area (Å²) in [6.45, 7) is 3.69. The number of nitrogens with one attached hydrogen (secondary N) is 1. The van der Waals surface area contributed by atoms with E-state index in [9.17, 15) is 9.50 Å². The van der Waals surface area contributed by atoms with Crippen LogP contribution in [0.5, 0.6) is 5.75 Å². The third-order valence-electron chi connectivity index (χ3n) is 4.98. The maximum atomic E-state index is 13.7. The summed E-state index contributed by atoms with van der Waals surface area (Å²) in [7, 11) is 0. The maximum Gasteiger partial charge on any atom is 0.144 e. The molecule has 134 valence electrons. The lowest BCUT2D eigenvalue weighted by molar-refractivity contribution is 0.123. The first kappa shape index (κ1) is 21.0. The highest BCUT2D eigenvalue weighted by molar-refractivity contribution is 5.85. The third kappa shape index (κ3) is 4.12. The zero-order valence-electron chi connectivity index (χ0n) is 13.5. The molecule has 1 atom stereocenters. The van der Waals surface area contributed by atoms with Gasteiger partial charge in [-0.3, -0.25) is 4.90 Å². The molecule has 24 heavy (non-hydrogen) atoms. The Balaban J connectivity index is 0.00000144. The van der Waals surface area contributed by atoms with Crippen molar-refractivity contribution in [2.24, 2.45) is 5.92 Å². The van der Waals surface area contributed by atoms with Crippen molar-refractivity contribution in [2.45, 2.75) is 31.7 Å². The average Bonchev–Trinajstić information content (AvgIpc) is 3.05. The molecule has 0 radical (unpaired) electrons. The molecule has 1 aromatic rings. The maximum absolute atomic E-state index is 13.7. The normalized spacial score (nSPS) is 19.8. The Labute approximate surface area is 154 Å². The smallest absolute Gasteiger partial charge is 0.144 e. The fourth-order valence-corrected chi connectivity index (χ4v) is 3.91. The highest BCUT2D eigenvalue weighted by Crippen LogP contribution is 2.43. The van der Waals surface area contributed by atoms with Crippen LogP contribution >= 0.6 is 24.8 Å². The van der Waals surface area contributed by atoms with Gasteiger partial charge in [0.1, 0.15) is 23.2 Å². The molecule has 0 aromatic heterocycles. The van der Waals surface area contributed by atoms with Gasteiger partial charge in [0, 0.05) is 37.8 Å². The number of halogens is 3. The van der Waals surface area contributed by atoms with Gasteiger partial charge in [0.25, 0.3) is 0 Å². The predicted octanol–water partition coefficient (Wildman–Crippen LogP) is 3.38. The summed E-state index contributed by atoms with van der Waals surface area (Å²) in [5.74, 6) is -0.340. The van der Waals surface area contributed by atoms with Gasteiger partial charge < -0.3 is 10.4 Å². The molecule has 1 heterocycles. The summed E-state index contributed by atoms with van der Waals surface area (Å²) < 4.78 is 13.7. The van der Waals surface area contributed by atoms with Crippen LogP contribution < -0.4 is 5.32 Å². The lowest BCUT2D eigenvalue weighted by Crippen LogP contribution is -2.46. The Morgan fingerprint density at radius 1 is 1.21 bits per heavy atom.